The number of phenols is 1. The van der Waals surface area contributed by atoms with Crippen LogP contribution in [0.3, 0.4) is 0 Å². The predicted octanol–water partition coefficient (Wildman–Crippen LogP) is 3.89. The highest BCUT2D eigenvalue weighted by molar-refractivity contribution is 14.1. The number of benzene rings is 2. The predicted molar refractivity (Wildman–Crippen MR) is 148 cm³/mol. The molecule has 2 heterocycles. The largest absolute Gasteiger partial charge is 0.506 e. The van der Waals surface area contributed by atoms with Crippen LogP contribution in [-0.2, 0) is 9.53 Å². The molecule has 0 saturated heterocycles. The highest BCUT2D eigenvalue weighted by Crippen LogP contribution is 2.36. The molecule has 1 aliphatic heterocycles. The highest BCUT2D eigenvalue weighted by Gasteiger charge is 2.34. The van der Waals surface area contributed by atoms with Gasteiger partial charge in [-0.2, -0.15) is 0 Å². The van der Waals surface area contributed by atoms with Crippen LogP contribution < -0.4 is 24.4 Å². The van der Waals surface area contributed by atoms with Crippen LogP contribution in [0.15, 0.2) is 55.9 Å². The van der Waals surface area contributed by atoms with E-state index in [4.69, 9.17) is 14.2 Å². The Balaban J connectivity index is 2.00. The molecule has 0 amide bonds. The molecule has 1 aromatic heterocycles. The summed E-state index contributed by atoms with van der Waals surface area (Å²) < 4.78 is 19.4. The van der Waals surface area contributed by atoms with E-state index in [1.807, 2.05) is 22.6 Å². The molecular weight excluding hydrogens is 663 g/mol. The van der Waals surface area contributed by atoms with Crippen LogP contribution >= 0.6 is 49.9 Å². The molecule has 0 fully saturated rings. The molecule has 0 saturated carbocycles. The van der Waals surface area contributed by atoms with E-state index in [9.17, 15) is 14.7 Å². The summed E-state index contributed by atoms with van der Waals surface area (Å²) in [4.78, 5) is 31.8. The normalized spacial score (nSPS) is 15.4. The molecule has 4 rings (SSSR count). The second-order valence-electron chi connectivity index (χ2n) is 7.74. The SMILES string of the molecule is CCOC(=O)C1=C(C)N=c2s/c(=C/c3cc(Br)cc(I)c3O)c(=O)n2[C@H]1c1ccc(OC)c(OC)c1. The number of allylic oxidation sites excluding steroid dienone is 1. The van der Waals surface area contributed by atoms with Crippen molar-refractivity contribution in [2.45, 2.75) is 19.9 Å². The molecule has 188 valence electrons. The fourth-order valence-electron chi connectivity index (χ4n) is 3.97. The summed E-state index contributed by atoms with van der Waals surface area (Å²) in [6.07, 6.45) is 1.63. The number of hydrogen-bond acceptors (Lipinski definition) is 8. The van der Waals surface area contributed by atoms with Gasteiger partial charge < -0.3 is 19.3 Å². The van der Waals surface area contributed by atoms with E-state index < -0.39 is 12.0 Å². The monoisotopic (exact) mass is 684 g/mol. The molecule has 1 atom stereocenters. The molecule has 2 aromatic carbocycles. The van der Waals surface area contributed by atoms with E-state index in [-0.39, 0.29) is 23.5 Å². The third-order valence-electron chi connectivity index (χ3n) is 5.58. The lowest BCUT2D eigenvalue weighted by atomic mass is 9.95. The zero-order valence-electron chi connectivity index (χ0n) is 19.8. The lowest BCUT2D eigenvalue weighted by Gasteiger charge is -2.25. The molecule has 36 heavy (non-hydrogen) atoms. The van der Waals surface area contributed by atoms with E-state index >= 15 is 0 Å². The Morgan fingerprint density at radius 1 is 1.25 bits per heavy atom. The Morgan fingerprint density at radius 2 is 1.97 bits per heavy atom. The average Bonchev–Trinajstić information content (AvgIpc) is 3.15. The molecule has 11 heteroatoms. The minimum absolute atomic E-state index is 0.0736. The quantitative estimate of drug-likeness (QED) is 0.313. The van der Waals surface area contributed by atoms with Gasteiger partial charge in [0, 0.05) is 10.0 Å². The van der Waals surface area contributed by atoms with E-state index in [0.29, 0.717) is 41.2 Å². The summed E-state index contributed by atoms with van der Waals surface area (Å²) >= 11 is 6.64. The Kier molecular flexibility index (Phi) is 7.90. The Labute approximate surface area is 232 Å². The first-order chi connectivity index (χ1) is 17.2. The van der Waals surface area contributed by atoms with Gasteiger partial charge in [0.1, 0.15) is 5.75 Å². The fraction of sp³-hybridized carbons (Fsp3) is 0.240. The molecule has 1 aliphatic rings. The second-order valence-corrected chi connectivity index (χ2v) is 10.8. The number of fused-ring (bicyclic) bond motifs is 1. The molecule has 1 N–H and O–H groups in total. The van der Waals surface area contributed by atoms with Crippen molar-refractivity contribution in [3.63, 3.8) is 0 Å². The van der Waals surface area contributed by atoms with Gasteiger partial charge in [-0.1, -0.05) is 33.3 Å². The number of rotatable bonds is 6. The smallest absolute Gasteiger partial charge is 0.338 e. The maximum Gasteiger partial charge on any atom is 0.338 e. The number of ether oxygens (including phenoxy) is 3. The van der Waals surface area contributed by atoms with Crippen LogP contribution in [0.25, 0.3) is 6.08 Å². The fourth-order valence-corrected chi connectivity index (χ4v) is 6.55. The lowest BCUT2D eigenvalue weighted by Crippen LogP contribution is -2.40. The molecule has 0 unspecified atom stereocenters. The van der Waals surface area contributed by atoms with Crippen molar-refractivity contribution < 1.29 is 24.1 Å². The molecule has 0 spiro atoms. The molecular formula is C25H22BrIN2O6S. The Hall–Kier alpha value is -2.64. The number of hydrogen-bond donors (Lipinski definition) is 1. The molecule has 8 nitrogen and oxygen atoms in total. The summed E-state index contributed by atoms with van der Waals surface area (Å²) in [5.41, 5.74) is 1.51. The number of carbonyl (C=O) groups is 1. The average molecular weight is 685 g/mol. The summed E-state index contributed by atoms with van der Waals surface area (Å²) in [5.74, 6) is 0.506. The van der Waals surface area contributed by atoms with Gasteiger partial charge in [0.25, 0.3) is 5.56 Å². The number of halogens is 2. The summed E-state index contributed by atoms with van der Waals surface area (Å²) in [6, 6.07) is 7.96. The van der Waals surface area contributed by atoms with Crippen molar-refractivity contribution in [2.75, 3.05) is 20.8 Å². The Morgan fingerprint density at radius 3 is 2.64 bits per heavy atom. The molecule has 0 aliphatic carbocycles. The first kappa shape index (κ1) is 26.4. The first-order valence-electron chi connectivity index (χ1n) is 10.8. The lowest BCUT2D eigenvalue weighted by molar-refractivity contribution is -0.139. The van der Waals surface area contributed by atoms with Crippen molar-refractivity contribution in [1.82, 2.24) is 4.57 Å². The third-order valence-corrected chi connectivity index (χ3v) is 7.85. The van der Waals surface area contributed by atoms with Gasteiger partial charge in [-0.15, -0.1) is 0 Å². The van der Waals surface area contributed by atoms with E-state index in [2.05, 4.69) is 20.9 Å². The van der Waals surface area contributed by atoms with Gasteiger partial charge in [-0.3, -0.25) is 9.36 Å². The third kappa shape index (κ3) is 4.83. The zero-order chi connectivity index (χ0) is 26.1. The number of esters is 1. The second kappa shape index (κ2) is 10.8. The van der Waals surface area contributed by atoms with Crippen LogP contribution in [0, 0.1) is 3.57 Å². The number of nitrogens with zero attached hydrogens (tertiary/aromatic N) is 2. The first-order valence-corrected chi connectivity index (χ1v) is 13.5. The zero-order valence-corrected chi connectivity index (χ0v) is 24.4. The van der Waals surface area contributed by atoms with Crippen LogP contribution in [0.4, 0.5) is 0 Å². The standard InChI is InChI=1S/C25H22BrIN2O6S/c1-5-35-24(32)20-12(2)28-25-29(21(20)13-6-7-17(33-3)18(9-13)34-4)23(31)19(36-25)10-14-8-15(26)11-16(27)22(14)30/h6-11,21,30H,5H2,1-4H3/b19-10+/t21-/m0/s1. The number of phenolic OH excluding ortho intramolecular Hbond substituents is 1. The van der Waals surface area contributed by atoms with Gasteiger partial charge >= 0.3 is 5.97 Å². The van der Waals surface area contributed by atoms with Crippen molar-refractivity contribution in [2.24, 2.45) is 4.99 Å². The van der Waals surface area contributed by atoms with Gasteiger partial charge in [0.2, 0.25) is 0 Å². The van der Waals surface area contributed by atoms with Crippen LogP contribution in [0.2, 0.25) is 0 Å². The van der Waals surface area contributed by atoms with Crippen LogP contribution in [0.5, 0.6) is 17.2 Å². The topological polar surface area (TPSA) is 99.4 Å². The number of aromatic hydroxyl groups is 1. The molecule has 3 aromatic rings. The summed E-state index contributed by atoms with van der Waals surface area (Å²) in [6.45, 7) is 3.62. The van der Waals surface area contributed by atoms with Gasteiger partial charge in [0.15, 0.2) is 16.3 Å². The summed E-state index contributed by atoms with van der Waals surface area (Å²) in [5, 5.41) is 10.5. The van der Waals surface area contributed by atoms with Crippen molar-refractivity contribution >= 4 is 61.9 Å². The van der Waals surface area contributed by atoms with Gasteiger partial charge in [0.05, 0.1) is 46.2 Å². The van der Waals surface area contributed by atoms with Gasteiger partial charge in [-0.05, 0) is 72.3 Å². The van der Waals surface area contributed by atoms with Crippen molar-refractivity contribution in [3.8, 4) is 17.2 Å². The maximum absolute atomic E-state index is 13.7. The number of methoxy groups -OCH3 is 2. The van der Waals surface area contributed by atoms with Crippen molar-refractivity contribution in [3.05, 3.63) is 80.5 Å². The van der Waals surface area contributed by atoms with E-state index in [1.54, 1.807) is 50.3 Å². The summed E-state index contributed by atoms with van der Waals surface area (Å²) in [7, 11) is 3.06. The number of thiazole rings is 1. The molecule has 0 radical (unpaired) electrons. The van der Waals surface area contributed by atoms with E-state index in [0.717, 1.165) is 4.47 Å². The minimum Gasteiger partial charge on any atom is -0.506 e. The van der Waals surface area contributed by atoms with Crippen LogP contribution in [0.1, 0.15) is 31.0 Å². The van der Waals surface area contributed by atoms with E-state index in [1.165, 1.54) is 30.1 Å². The number of aromatic nitrogens is 1. The van der Waals surface area contributed by atoms with Crippen LogP contribution in [-0.4, -0.2) is 36.5 Å². The molecule has 0 bridgehead atoms. The maximum atomic E-state index is 13.7. The highest BCUT2D eigenvalue weighted by atomic mass is 127. The van der Waals surface area contributed by atoms with Gasteiger partial charge in [-0.25, -0.2) is 9.79 Å². The number of carbonyl (C=O) groups excluding carboxylic acids is 1. The van der Waals surface area contributed by atoms with Crippen molar-refractivity contribution in [1.29, 1.82) is 0 Å². The Bertz CT molecular complexity index is 1580. The minimum atomic E-state index is -0.793.